The van der Waals surface area contributed by atoms with E-state index in [1.165, 1.54) is 0 Å². The molecule has 0 spiro atoms. The molecule has 4 heteroatoms. The third kappa shape index (κ3) is 2.84. The molecule has 0 N–H and O–H groups in total. The second-order valence-corrected chi connectivity index (χ2v) is 5.56. The number of piperidine rings is 1. The van der Waals surface area contributed by atoms with Crippen molar-refractivity contribution >= 4 is 5.78 Å². The monoisotopic (exact) mass is 267 g/mol. The number of rotatable bonds is 3. The Labute approximate surface area is 112 Å². The van der Waals surface area contributed by atoms with Gasteiger partial charge in [-0.1, -0.05) is 6.42 Å². The van der Waals surface area contributed by atoms with Gasteiger partial charge in [0.25, 0.3) is 0 Å². The minimum atomic E-state index is -0.797. The molecular weight excluding hydrogens is 248 g/mol. The molecule has 1 aliphatic heterocycles. The molecule has 0 aromatic heterocycles. The Morgan fingerprint density at radius 1 is 1.16 bits per heavy atom. The van der Waals surface area contributed by atoms with Gasteiger partial charge < -0.3 is 0 Å². The second-order valence-electron chi connectivity index (χ2n) is 5.56. The predicted octanol–water partition coefficient (Wildman–Crippen LogP) is 3.41. The molecule has 2 rings (SSSR count). The van der Waals surface area contributed by atoms with Crippen molar-refractivity contribution in [2.45, 2.75) is 38.6 Å². The highest BCUT2D eigenvalue weighted by molar-refractivity contribution is 6.02. The Hall–Kier alpha value is -1.29. The Bertz CT molecular complexity index is 479. The van der Waals surface area contributed by atoms with E-state index in [2.05, 4.69) is 4.90 Å². The van der Waals surface area contributed by atoms with Crippen molar-refractivity contribution in [2.75, 3.05) is 13.1 Å². The number of likely N-dealkylation sites (tertiary alicyclic amines) is 1. The number of nitrogens with zero attached hydrogens (tertiary/aromatic N) is 1. The summed E-state index contributed by atoms with van der Waals surface area (Å²) in [6.07, 6.45) is 3.25. The lowest BCUT2D eigenvalue weighted by atomic mass is 9.89. The highest BCUT2D eigenvalue weighted by atomic mass is 19.1. The summed E-state index contributed by atoms with van der Waals surface area (Å²) < 4.78 is 26.9. The van der Waals surface area contributed by atoms with Crippen molar-refractivity contribution in [3.8, 4) is 0 Å². The first-order chi connectivity index (χ1) is 8.93. The van der Waals surface area contributed by atoms with Gasteiger partial charge in [-0.25, -0.2) is 8.78 Å². The minimum Gasteiger partial charge on any atom is -0.292 e. The fourth-order valence-corrected chi connectivity index (χ4v) is 2.60. The number of ketones is 1. The van der Waals surface area contributed by atoms with Crippen molar-refractivity contribution in [3.63, 3.8) is 0 Å². The molecule has 0 amide bonds. The van der Waals surface area contributed by atoms with Crippen molar-refractivity contribution in [3.05, 3.63) is 35.4 Å². The standard InChI is InChI=1S/C15H19F2NO/c1-15(2,18-8-4-3-5-9-18)14(19)12-10-11(16)6-7-13(12)17/h6-7,10H,3-5,8-9H2,1-2H3. The van der Waals surface area contributed by atoms with E-state index in [0.717, 1.165) is 50.6 Å². The van der Waals surface area contributed by atoms with E-state index >= 15 is 0 Å². The van der Waals surface area contributed by atoms with Gasteiger partial charge in [-0.15, -0.1) is 0 Å². The number of halogens is 2. The molecule has 0 saturated carbocycles. The lowest BCUT2D eigenvalue weighted by molar-refractivity contribution is 0.0574. The third-order valence-corrected chi connectivity index (χ3v) is 3.88. The SMILES string of the molecule is CC(C)(C(=O)c1cc(F)ccc1F)N1CCCCC1. The van der Waals surface area contributed by atoms with Crippen LogP contribution in [0.1, 0.15) is 43.5 Å². The number of carbonyl (C=O) groups excluding carboxylic acids is 1. The van der Waals surface area contributed by atoms with Crippen molar-refractivity contribution in [1.82, 2.24) is 4.90 Å². The van der Waals surface area contributed by atoms with E-state index in [1.807, 2.05) is 0 Å². The summed E-state index contributed by atoms with van der Waals surface area (Å²) in [4.78, 5) is 14.5. The number of Topliss-reactive ketones (excluding diaryl/α,β-unsaturated/α-hetero) is 1. The lowest BCUT2D eigenvalue weighted by Crippen LogP contribution is -2.52. The molecule has 1 fully saturated rings. The van der Waals surface area contributed by atoms with Gasteiger partial charge in [0.2, 0.25) is 0 Å². The van der Waals surface area contributed by atoms with Gasteiger partial charge in [0.05, 0.1) is 11.1 Å². The molecule has 0 radical (unpaired) electrons. The summed E-state index contributed by atoms with van der Waals surface area (Å²) in [5.74, 6) is -1.60. The summed E-state index contributed by atoms with van der Waals surface area (Å²) in [5, 5.41) is 0. The maximum atomic E-state index is 13.7. The van der Waals surface area contributed by atoms with Crippen LogP contribution in [0.25, 0.3) is 0 Å². The Morgan fingerprint density at radius 3 is 2.42 bits per heavy atom. The van der Waals surface area contributed by atoms with Crippen LogP contribution in [0, 0.1) is 11.6 Å². The van der Waals surface area contributed by atoms with E-state index in [1.54, 1.807) is 13.8 Å². The topological polar surface area (TPSA) is 20.3 Å². The molecular formula is C15H19F2NO. The summed E-state index contributed by atoms with van der Waals surface area (Å²) in [6.45, 7) is 5.22. The summed E-state index contributed by atoms with van der Waals surface area (Å²) in [5.41, 5.74) is -0.953. The first-order valence-electron chi connectivity index (χ1n) is 6.68. The lowest BCUT2D eigenvalue weighted by Gasteiger charge is -2.39. The first kappa shape index (κ1) is 14.1. The fourth-order valence-electron chi connectivity index (χ4n) is 2.60. The third-order valence-electron chi connectivity index (χ3n) is 3.88. The molecule has 19 heavy (non-hydrogen) atoms. The first-order valence-corrected chi connectivity index (χ1v) is 6.68. The van der Waals surface area contributed by atoms with Crippen LogP contribution >= 0.6 is 0 Å². The van der Waals surface area contributed by atoms with Crippen LogP contribution in [0.15, 0.2) is 18.2 Å². The summed E-state index contributed by atoms with van der Waals surface area (Å²) in [7, 11) is 0. The smallest absolute Gasteiger partial charge is 0.185 e. The van der Waals surface area contributed by atoms with Crippen LogP contribution in [0.5, 0.6) is 0 Å². The Kier molecular flexibility index (Phi) is 3.99. The number of carbonyl (C=O) groups is 1. The highest BCUT2D eigenvalue weighted by Gasteiger charge is 2.36. The maximum Gasteiger partial charge on any atom is 0.185 e. The molecule has 0 unspecified atom stereocenters. The Balaban J connectivity index is 2.28. The van der Waals surface area contributed by atoms with Crippen molar-refractivity contribution in [1.29, 1.82) is 0 Å². The van der Waals surface area contributed by atoms with E-state index in [4.69, 9.17) is 0 Å². The van der Waals surface area contributed by atoms with Crippen LogP contribution in [0.2, 0.25) is 0 Å². The molecule has 1 aromatic carbocycles. The number of hydrogen-bond donors (Lipinski definition) is 0. The highest BCUT2D eigenvalue weighted by Crippen LogP contribution is 2.26. The molecule has 1 aliphatic rings. The number of benzene rings is 1. The minimum absolute atomic E-state index is 0.157. The van der Waals surface area contributed by atoms with Gasteiger partial charge >= 0.3 is 0 Å². The predicted molar refractivity (Wildman–Crippen MR) is 70.2 cm³/mol. The molecule has 0 atom stereocenters. The van der Waals surface area contributed by atoms with Crippen LogP contribution in [-0.2, 0) is 0 Å². The molecule has 1 aromatic rings. The van der Waals surface area contributed by atoms with Gasteiger partial charge in [-0.2, -0.15) is 0 Å². The molecule has 104 valence electrons. The molecule has 0 aliphatic carbocycles. The summed E-state index contributed by atoms with van der Waals surface area (Å²) >= 11 is 0. The second kappa shape index (κ2) is 5.37. The van der Waals surface area contributed by atoms with E-state index in [9.17, 15) is 13.6 Å². The van der Waals surface area contributed by atoms with Gasteiger partial charge in [0.15, 0.2) is 5.78 Å². The quantitative estimate of drug-likeness (QED) is 0.782. The van der Waals surface area contributed by atoms with Crippen molar-refractivity contribution in [2.24, 2.45) is 0 Å². The molecule has 1 saturated heterocycles. The van der Waals surface area contributed by atoms with Crippen LogP contribution < -0.4 is 0 Å². The zero-order valence-corrected chi connectivity index (χ0v) is 11.4. The van der Waals surface area contributed by atoms with E-state index in [-0.39, 0.29) is 11.3 Å². The average molecular weight is 267 g/mol. The van der Waals surface area contributed by atoms with Gasteiger partial charge in [-0.05, 0) is 58.0 Å². The summed E-state index contributed by atoms with van der Waals surface area (Å²) in [6, 6.07) is 3.03. The van der Waals surface area contributed by atoms with Crippen LogP contribution in [0.3, 0.4) is 0 Å². The van der Waals surface area contributed by atoms with E-state index < -0.39 is 17.2 Å². The fraction of sp³-hybridized carbons (Fsp3) is 0.533. The van der Waals surface area contributed by atoms with E-state index in [0.29, 0.717) is 0 Å². The van der Waals surface area contributed by atoms with Crippen LogP contribution in [-0.4, -0.2) is 29.3 Å². The molecule has 1 heterocycles. The normalized spacial score (nSPS) is 17.5. The van der Waals surface area contributed by atoms with Gasteiger partial charge in [0.1, 0.15) is 11.6 Å². The largest absolute Gasteiger partial charge is 0.292 e. The number of hydrogen-bond acceptors (Lipinski definition) is 2. The van der Waals surface area contributed by atoms with Gasteiger partial charge in [0, 0.05) is 0 Å². The molecule has 2 nitrogen and oxygen atoms in total. The Morgan fingerprint density at radius 2 is 1.79 bits per heavy atom. The van der Waals surface area contributed by atoms with Crippen LogP contribution in [0.4, 0.5) is 8.78 Å². The maximum absolute atomic E-state index is 13.7. The van der Waals surface area contributed by atoms with Crippen molar-refractivity contribution < 1.29 is 13.6 Å². The zero-order chi connectivity index (χ0) is 14.0. The molecule has 0 bridgehead atoms. The average Bonchev–Trinajstić information content (AvgIpc) is 2.41. The van der Waals surface area contributed by atoms with Gasteiger partial charge in [-0.3, -0.25) is 9.69 Å². The zero-order valence-electron chi connectivity index (χ0n) is 11.4.